The van der Waals surface area contributed by atoms with Gasteiger partial charge in [0.2, 0.25) is 11.8 Å². The second-order valence-electron chi connectivity index (χ2n) is 12.4. The zero-order valence-electron chi connectivity index (χ0n) is 24.2. The van der Waals surface area contributed by atoms with Gasteiger partial charge in [-0.25, -0.2) is 0 Å². The average Bonchev–Trinajstić information content (AvgIpc) is 3.45. The van der Waals surface area contributed by atoms with E-state index in [1.807, 2.05) is 47.6 Å². The maximum atomic E-state index is 14.4. The SMILES string of the molecule is C=CCCCCOC(=O)[C@H]1[C@H]2C(=O)N([C@@H](CO)C(C)C)C(C(=O)N(CC=C)C(C)(C)C)C23CC[C@]1(CC)O3. The number of unbranched alkanes of at least 4 members (excludes halogenated alkanes) is 2. The highest BCUT2D eigenvalue weighted by atomic mass is 16.6. The van der Waals surface area contributed by atoms with Crippen molar-refractivity contribution in [3.05, 3.63) is 25.3 Å². The van der Waals surface area contributed by atoms with Crippen LogP contribution in [0.1, 0.15) is 80.1 Å². The van der Waals surface area contributed by atoms with E-state index in [-0.39, 0.29) is 30.9 Å². The molecule has 6 atom stereocenters. The first-order chi connectivity index (χ1) is 17.9. The fourth-order valence-corrected chi connectivity index (χ4v) is 6.90. The maximum absolute atomic E-state index is 14.4. The summed E-state index contributed by atoms with van der Waals surface area (Å²) in [6.07, 6.45) is 7.55. The van der Waals surface area contributed by atoms with Gasteiger partial charge in [0.25, 0.3) is 0 Å². The second-order valence-corrected chi connectivity index (χ2v) is 12.4. The fourth-order valence-electron chi connectivity index (χ4n) is 6.90. The van der Waals surface area contributed by atoms with Gasteiger partial charge in [0.1, 0.15) is 17.6 Å². The highest BCUT2D eigenvalue weighted by molar-refractivity contribution is 5.99. The van der Waals surface area contributed by atoms with Crippen molar-refractivity contribution < 1.29 is 29.0 Å². The molecule has 8 heteroatoms. The first-order valence-corrected chi connectivity index (χ1v) is 14.2. The quantitative estimate of drug-likeness (QED) is 0.220. The van der Waals surface area contributed by atoms with E-state index in [1.165, 1.54) is 0 Å². The molecule has 38 heavy (non-hydrogen) atoms. The van der Waals surface area contributed by atoms with Crippen LogP contribution in [0.5, 0.6) is 0 Å². The molecule has 0 aromatic heterocycles. The Morgan fingerprint density at radius 3 is 2.45 bits per heavy atom. The molecular formula is C30H48N2O6. The molecule has 3 heterocycles. The van der Waals surface area contributed by atoms with E-state index in [2.05, 4.69) is 13.2 Å². The van der Waals surface area contributed by atoms with Gasteiger partial charge in [0, 0.05) is 12.1 Å². The topological polar surface area (TPSA) is 96.4 Å². The third kappa shape index (κ3) is 4.94. The summed E-state index contributed by atoms with van der Waals surface area (Å²) in [4.78, 5) is 45.7. The number of aliphatic hydroxyl groups is 1. The maximum Gasteiger partial charge on any atom is 0.312 e. The number of likely N-dealkylation sites (tertiary alicyclic amines) is 1. The van der Waals surface area contributed by atoms with Gasteiger partial charge in [-0.2, -0.15) is 0 Å². The first kappa shape index (κ1) is 30.4. The molecule has 1 spiro atoms. The van der Waals surface area contributed by atoms with Crippen LogP contribution in [0.25, 0.3) is 0 Å². The molecule has 3 fully saturated rings. The first-order valence-electron chi connectivity index (χ1n) is 14.2. The summed E-state index contributed by atoms with van der Waals surface area (Å²) in [5, 5.41) is 10.4. The summed E-state index contributed by atoms with van der Waals surface area (Å²) >= 11 is 0. The molecule has 2 unspecified atom stereocenters. The highest BCUT2D eigenvalue weighted by Gasteiger charge is 2.79. The minimum Gasteiger partial charge on any atom is -0.465 e. The molecule has 3 aliphatic rings. The number of hydrogen-bond donors (Lipinski definition) is 1. The summed E-state index contributed by atoms with van der Waals surface area (Å²) in [5.41, 5.74) is -2.53. The Bertz CT molecular complexity index is 926. The Labute approximate surface area is 228 Å². The van der Waals surface area contributed by atoms with Crippen LogP contribution in [0.3, 0.4) is 0 Å². The minimum atomic E-state index is -1.15. The Hall–Kier alpha value is -2.19. The molecule has 0 aromatic rings. The molecule has 3 rings (SSSR count). The van der Waals surface area contributed by atoms with Crippen LogP contribution in [-0.4, -0.2) is 81.3 Å². The zero-order valence-corrected chi connectivity index (χ0v) is 24.2. The van der Waals surface area contributed by atoms with Crippen molar-refractivity contribution in [3.8, 4) is 0 Å². The predicted octanol–water partition coefficient (Wildman–Crippen LogP) is 3.87. The normalized spacial score (nSPS) is 30.9. The van der Waals surface area contributed by atoms with Crippen molar-refractivity contribution >= 4 is 17.8 Å². The fraction of sp³-hybridized carbons (Fsp3) is 0.767. The summed E-state index contributed by atoms with van der Waals surface area (Å²) < 4.78 is 12.5. The summed E-state index contributed by atoms with van der Waals surface area (Å²) in [7, 11) is 0. The average molecular weight is 533 g/mol. The van der Waals surface area contributed by atoms with Gasteiger partial charge in [-0.15, -0.1) is 13.2 Å². The molecule has 0 saturated carbocycles. The van der Waals surface area contributed by atoms with Crippen molar-refractivity contribution in [2.75, 3.05) is 19.8 Å². The standard InChI is InChI=1S/C30H48N2O6/c1-9-12-13-14-18-37-27(36)23-22-25(34)32(21(19-33)20(4)5)24(26(35)31(17-10-2)28(6,7)8)30(22)16-15-29(23,11-3)38-30/h9-10,20-24,33H,1-2,11-19H2,3-8H3/t21-,22-,23+,24?,29-,30?/m0/s1. The Kier molecular flexibility index (Phi) is 9.19. The molecule has 3 aliphatic heterocycles. The minimum absolute atomic E-state index is 0.107. The number of esters is 1. The molecule has 8 nitrogen and oxygen atoms in total. The molecular weight excluding hydrogens is 484 g/mol. The monoisotopic (exact) mass is 532 g/mol. The Balaban J connectivity index is 2.08. The largest absolute Gasteiger partial charge is 0.465 e. The predicted molar refractivity (Wildman–Crippen MR) is 146 cm³/mol. The van der Waals surface area contributed by atoms with E-state index >= 15 is 0 Å². The lowest BCUT2D eigenvalue weighted by atomic mass is 9.65. The Morgan fingerprint density at radius 2 is 1.92 bits per heavy atom. The molecule has 214 valence electrons. The molecule has 0 aliphatic carbocycles. The lowest BCUT2D eigenvalue weighted by Gasteiger charge is -2.44. The van der Waals surface area contributed by atoms with Crippen LogP contribution in [0.2, 0.25) is 0 Å². The van der Waals surface area contributed by atoms with Crippen molar-refractivity contribution in [1.29, 1.82) is 0 Å². The number of aliphatic hydroxyl groups excluding tert-OH is 1. The van der Waals surface area contributed by atoms with Crippen LogP contribution in [0.4, 0.5) is 0 Å². The van der Waals surface area contributed by atoms with Gasteiger partial charge in [0.15, 0.2) is 0 Å². The lowest BCUT2D eigenvalue weighted by molar-refractivity contribution is -0.165. The molecule has 3 saturated heterocycles. The summed E-state index contributed by atoms with van der Waals surface area (Å²) in [6, 6.07) is -1.53. The number of carbonyl (C=O) groups is 3. The number of carbonyl (C=O) groups excluding carboxylic acids is 3. The van der Waals surface area contributed by atoms with Crippen LogP contribution in [0.15, 0.2) is 25.3 Å². The summed E-state index contributed by atoms with van der Waals surface area (Å²) in [5.74, 6) is -2.69. The van der Waals surface area contributed by atoms with E-state index < -0.39 is 46.6 Å². The summed E-state index contributed by atoms with van der Waals surface area (Å²) in [6.45, 7) is 19.5. The van der Waals surface area contributed by atoms with Crippen LogP contribution in [-0.2, 0) is 23.9 Å². The number of fused-ring (bicyclic) bond motifs is 1. The number of ether oxygens (including phenoxy) is 2. The van der Waals surface area contributed by atoms with Crippen molar-refractivity contribution in [1.82, 2.24) is 9.80 Å². The van der Waals surface area contributed by atoms with Crippen LogP contribution in [0, 0.1) is 17.8 Å². The lowest BCUT2D eigenvalue weighted by Crippen LogP contribution is -2.62. The molecule has 0 radical (unpaired) electrons. The van der Waals surface area contributed by atoms with E-state index in [0.717, 1.165) is 12.8 Å². The number of nitrogens with zero attached hydrogens (tertiary/aromatic N) is 2. The van der Waals surface area contributed by atoms with Gasteiger partial charge < -0.3 is 24.4 Å². The van der Waals surface area contributed by atoms with Gasteiger partial charge in [-0.1, -0.05) is 32.9 Å². The third-order valence-electron chi connectivity index (χ3n) is 8.85. The number of hydrogen-bond acceptors (Lipinski definition) is 6. The number of amides is 2. The number of allylic oxidation sites excluding steroid dienone is 1. The van der Waals surface area contributed by atoms with Crippen molar-refractivity contribution in [2.24, 2.45) is 17.8 Å². The van der Waals surface area contributed by atoms with Crippen molar-refractivity contribution in [2.45, 2.75) is 109 Å². The van der Waals surface area contributed by atoms with E-state index in [9.17, 15) is 19.5 Å². The van der Waals surface area contributed by atoms with Crippen LogP contribution >= 0.6 is 0 Å². The van der Waals surface area contributed by atoms with Gasteiger partial charge in [0.05, 0.1) is 30.8 Å². The van der Waals surface area contributed by atoms with Gasteiger partial charge in [-0.05, 0) is 65.2 Å². The highest BCUT2D eigenvalue weighted by Crippen LogP contribution is 2.65. The smallest absolute Gasteiger partial charge is 0.312 e. The molecule has 2 bridgehead atoms. The third-order valence-corrected chi connectivity index (χ3v) is 8.85. The number of rotatable bonds is 13. The van der Waals surface area contributed by atoms with Crippen molar-refractivity contribution in [3.63, 3.8) is 0 Å². The van der Waals surface area contributed by atoms with E-state index in [1.54, 1.807) is 15.9 Å². The second kappa shape index (κ2) is 11.5. The molecule has 1 N–H and O–H groups in total. The van der Waals surface area contributed by atoms with Gasteiger partial charge in [-0.3, -0.25) is 14.4 Å². The zero-order chi connectivity index (χ0) is 28.5. The Morgan fingerprint density at radius 1 is 1.24 bits per heavy atom. The van der Waals surface area contributed by atoms with E-state index in [0.29, 0.717) is 32.2 Å². The van der Waals surface area contributed by atoms with Gasteiger partial charge >= 0.3 is 5.97 Å². The van der Waals surface area contributed by atoms with Crippen LogP contribution < -0.4 is 0 Å². The van der Waals surface area contributed by atoms with E-state index in [4.69, 9.17) is 9.47 Å². The molecule has 0 aromatic carbocycles. The molecule has 2 amide bonds.